The van der Waals surface area contributed by atoms with Crippen molar-refractivity contribution in [1.29, 1.82) is 0 Å². The van der Waals surface area contributed by atoms with Crippen LogP contribution in [-0.2, 0) is 9.59 Å². The first-order valence-corrected chi connectivity index (χ1v) is 9.11. The van der Waals surface area contributed by atoms with Gasteiger partial charge < -0.3 is 15.1 Å². The van der Waals surface area contributed by atoms with E-state index in [1.807, 2.05) is 6.92 Å². The zero-order valence-electron chi connectivity index (χ0n) is 15.1. The molecular formula is C18H23N5O3. The van der Waals surface area contributed by atoms with E-state index >= 15 is 0 Å². The maximum Gasteiger partial charge on any atom is 0.257 e. The van der Waals surface area contributed by atoms with E-state index in [2.05, 4.69) is 15.3 Å². The predicted molar refractivity (Wildman–Crippen MR) is 92.3 cm³/mol. The van der Waals surface area contributed by atoms with Gasteiger partial charge in [0.05, 0.1) is 23.2 Å². The van der Waals surface area contributed by atoms with Gasteiger partial charge in [0.1, 0.15) is 5.82 Å². The number of aromatic nitrogens is 2. The van der Waals surface area contributed by atoms with Crippen molar-refractivity contribution >= 4 is 17.7 Å². The Labute approximate surface area is 152 Å². The van der Waals surface area contributed by atoms with Crippen LogP contribution in [0.15, 0.2) is 6.20 Å². The van der Waals surface area contributed by atoms with Crippen LogP contribution in [0.25, 0.3) is 0 Å². The molecule has 8 heteroatoms. The summed E-state index contributed by atoms with van der Waals surface area (Å²) in [7, 11) is 1.58. The summed E-state index contributed by atoms with van der Waals surface area (Å²) in [6.45, 7) is 3.28. The number of amides is 3. The van der Waals surface area contributed by atoms with Crippen LogP contribution in [0.1, 0.15) is 47.1 Å². The quantitative estimate of drug-likeness (QED) is 0.823. The van der Waals surface area contributed by atoms with Gasteiger partial charge in [-0.15, -0.1) is 0 Å². The van der Waals surface area contributed by atoms with Crippen molar-refractivity contribution in [1.82, 2.24) is 25.1 Å². The van der Waals surface area contributed by atoms with E-state index in [-0.39, 0.29) is 36.1 Å². The highest BCUT2D eigenvalue weighted by atomic mass is 16.2. The molecule has 26 heavy (non-hydrogen) atoms. The van der Waals surface area contributed by atoms with E-state index in [0.29, 0.717) is 36.9 Å². The highest BCUT2D eigenvalue weighted by molar-refractivity contribution is 5.96. The second kappa shape index (κ2) is 6.34. The summed E-state index contributed by atoms with van der Waals surface area (Å²) in [4.78, 5) is 48.9. The van der Waals surface area contributed by atoms with Crippen molar-refractivity contribution in [2.24, 2.45) is 5.92 Å². The maximum absolute atomic E-state index is 12.8. The van der Waals surface area contributed by atoms with E-state index < -0.39 is 0 Å². The summed E-state index contributed by atoms with van der Waals surface area (Å²) >= 11 is 0. The Morgan fingerprint density at radius 1 is 1.23 bits per heavy atom. The molecule has 3 amide bonds. The molecule has 4 rings (SSSR count). The molecule has 1 unspecified atom stereocenters. The van der Waals surface area contributed by atoms with Crippen molar-refractivity contribution in [3.63, 3.8) is 0 Å². The number of rotatable bonds is 4. The Morgan fingerprint density at radius 2 is 1.96 bits per heavy atom. The van der Waals surface area contributed by atoms with Gasteiger partial charge in [0.2, 0.25) is 11.8 Å². The Hall–Kier alpha value is -2.51. The van der Waals surface area contributed by atoms with E-state index in [4.69, 9.17) is 0 Å². The topological polar surface area (TPSA) is 95.5 Å². The third kappa shape index (κ3) is 2.93. The number of carbonyl (C=O) groups excluding carboxylic acids is 3. The number of carbonyl (C=O) groups is 3. The molecule has 1 N–H and O–H groups in total. The molecule has 0 aromatic carbocycles. The van der Waals surface area contributed by atoms with E-state index in [1.54, 1.807) is 23.0 Å². The number of nitrogens with one attached hydrogen (secondary N) is 1. The first kappa shape index (κ1) is 16.9. The van der Waals surface area contributed by atoms with Crippen molar-refractivity contribution < 1.29 is 14.4 Å². The van der Waals surface area contributed by atoms with Crippen molar-refractivity contribution in [2.45, 2.75) is 38.1 Å². The minimum Gasteiger partial charge on any atom is -0.359 e. The molecule has 1 aliphatic carbocycles. The fourth-order valence-corrected chi connectivity index (χ4v) is 3.77. The van der Waals surface area contributed by atoms with Crippen LogP contribution in [0.2, 0.25) is 0 Å². The Bertz CT molecular complexity index is 770. The molecule has 3 aliphatic rings. The van der Waals surface area contributed by atoms with Gasteiger partial charge in [-0.05, 0) is 19.8 Å². The molecule has 8 nitrogen and oxygen atoms in total. The molecule has 2 saturated heterocycles. The first-order valence-electron chi connectivity index (χ1n) is 9.11. The number of aryl methyl sites for hydroxylation is 1. The zero-order chi connectivity index (χ0) is 18.4. The Morgan fingerprint density at radius 3 is 2.62 bits per heavy atom. The second-order valence-corrected chi connectivity index (χ2v) is 7.42. The fraction of sp³-hybridized carbons (Fsp3) is 0.611. The molecule has 1 saturated carbocycles. The van der Waals surface area contributed by atoms with Crippen LogP contribution in [0.5, 0.6) is 0 Å². The van der Waals surface area contributed by atoms with E-state index in [0.717, 1.165) is 18.5 Å². The Balaban J connectivity index is 1.40. The third-order valence-corrected chi connectivity index (χ3v) is 5.50. The first-order chi connectivity index (χ1) is 12.5. The average Bonchev–Trinajstić information content (AvgIpc) is 3.36. The maximum atomic E-state index is 12.8. The smallest absolute Gasteiger partial charge is 0.257 e. The Kier molecular flexibility index (Phi) is 4.13. The van der Waals surface area contributed by atoms with Gasteiger partial charge >= 0.3 is 0 Å². The average molecular weight is 357 g/mol. The summed E-state index contributed by atoms with van der Waals surface area (Å²) in [6.07, 6.45) is 4.03. The molecule has 0 radical (unpaired) electrons. The number of nitrogens with zero attached hydrogens (tertiary/aromatic N) is 4. The fourth-order valence-electron chi connectivity index (χ4n) is 3.77. The van der Waals surface area contributed by atoms with E-state index in [1.165, 1.54) is 0 Å². The van der Waals surface area contributed by atoms with Gasteiger partial charge in [-0.1, -0.05) is 0 Å². The molecule has 1 atom stereocenters. The summed E-state index contributed by atoms with van der Waals surface area (Å²) in [5.74, 6) is 0.614. The summed E-state index contributed by atoms with van der Waals surface area (Å²) < 4.78 is 0. The van der Waals surface area contributed by atoms with Crippen LogP contribution in [-0.4, -0.2) is 70.2 Å². The monoisotopic (exact) mass is 357 g/mol. The molecule has 1 aromatic heterocycles. The highest BCUT2D eigenvalue weighted by Crippen LogP contribution is 2.41. The van der Waals surface area contributed by atoms with Crippen LogP contribution in [0, 0.1) is 12.8 Å². The lowest BCUT2D eigenvalue weighted by Gasteiger charge is -2.44. The van der Waals surface area contributed by atoms with Crippen LogP contribution < -0.4 is 5.32 Å². The molecule has 138 valence electrons. The minimum atomic E-state index is -0.288. The standard InChI is InChI=1S/C18H23N5O3/c1-10-20-6-14(16(21-10)11-3-4-11)18(26)22-8-13(9-22)23-7-12(5-15(23)24)17(25)19-2/h6,11-13H,3-5,7-9H2,1-2H3,(H,19,25). The van der Waals surface area contributed by atoms with Gasteiger partial charge in [0.25, 0.3) is 5.91 Å². The van der Waals surface area contributed by atoms with Gasteiger partial charge in [-0.25, -0.2) is 9.97 Å². The molecule has 0 bridgehead atoms. The second-order valence-electron chi connectivity index (χ2n) is 7.42. The number of likely N-dealkylation sites (tertiary alicyclic amines) is 2. The molecule has 0 spiro atoms. The molecule has 3 fully saturated rings. The lowest BCUT2D eigenvalue weighted by atomic mass is 10.0. The molecular weight excluding hydrogens is 334 g/mol. The lowest BCUT2D eigenvalue weighted by molar-refractivity contribution is -0.132. The van der Waals surface area contributed by atoms with Crippen LogP contribution in [0.4, 0.5) is 0 Å². The summed E-state index contributed by atoms with van der Waals surface area (Å²) in [5.41, 5.74) is 1.45. The lowest BCUT2D eigenvalue weighted by Crippen LogP contribution is -2.61. The van der Waals surface area contributed by atoms with Crippen LogP contribution >= 0.6 is 0 Å². The molecule has 1 aromatic rings. The minimum absolute atomic E-state index is 0.00292. The van der Waals surface area contributed by atoms with Crippen LogP contribution in [0.3, 0.4) is 0 Å². The van der Waals surface area contributed by atoms with Gasteiger partial charge in [-0.3, -0.25) is 14.4 Å². The van der Waals surface area contributed by atoms with Gasteiger partial charge in [0, 0.05) is 45.2 Å². The van der Waals surface area contributed by atoms with Gasteiger partial charge in [0.15, 0.2) is 0 Å². The molecule has 2 aliphatic heterocycles. The molecule has 3 heterocycles. The summed E-state index contributed by atoms with van der Waals surface area (Å²) in [6, 6.07) is -0.00292. The zero-order valence-corrected chi connectivity index (χ0v) is 15.1. The van der Waals surface area contributed by atoms with Crippen molar-refractivity contribution in [3.8, 4) is 0 Å². The van der Waals surface area contributed by atoms with Crippen molar-refractivity contribution in [3.05, 3.63) is 23.3 Å². The predicted octanol–water partition coefficient (Wildman–Crippen LogP) is 0.0813. The highest BCUT2D eigenvalue weighted by Gasteiger charge is 2.44. The summed E-state index contributed by atoms with van der Waals surface area (Å²) in [5, 5.41) is 2.60. The van der Waals surface area contributed by atoms with Crippen molar-refractivity contribution in [2.75, 3.05) is 26.7 Å². The number of hydrogen-bond donors (Lipinski definition) is 1. The van der Waals surface area contributed by atoms with Gasteiger partial charge in [-0.2, -0.15) is 0 Å². The van der Waals surface area contributed by atoms with E-state index in [9.17, 15) is 14.4 Å². The SMILES string of the molecule is CNC(=O)C1CC(=O)N(C2CN(C(=O)c3cnc(C)nc3C3CC3)C2)C1. The number of hydrogen-bond acceptors (Lipinski definition) is 5. The largest absolute Gasteiger partial charge is 0.359 e. The third-order valence-electron chi connectivity index (χ3n) is 5.50. The normalized spacial score (nSPS) is 23.2.